The second-order valence-electron chi connectivity index (χ2n) is 6.73. The number of hydrogen-bond acceptors (Lipinski definition) is 4. The summed E-state index contributed by atoms with van der Waals surface area (Å²) in [7, 11) is 3.28. The summed E-state index contributed by atoms with van der Waals surface area (Å²) in [5.74, 6) is 2.24. The number of hydrogen-bond donors (Lipinski definition) is 3. The van der Waals surface area contributed by atoms with Gasteiger partial charge in [-0.15, -0.1) is 24.0 Å². The summed E-state index contributed by atoms with van der Waals surface area (Å²) >= 11 is 0. The molecule has 2 aromatic carbocycles. The van der Waals surface area contributed by atoms with Crippen molar-refractivity contribution < 1.29 is 14.3 Å². The predicted octanol–water partition coefficient (Wildman–Crippen LogP) is 3.16. The predicted molar refractivity (Wildman–Crippen MR) is 136 cm³/mol. The molecule has 0 aliphatic carbocycles. The van der Waals surface area contributed by atoms with E-state index in [9.17, 15) is 4.79 Å². The highest BCUT2D eigenvalue weighted by Gasteiger charge is 2.05. The van der Waals surface area contributed by atoms with E-state index in [-0.39, 0.29) is 29.9 Å². The number of amides is 1. The standard InChI is InChI=1S/C23H32N4O3.HI/c1-5-24-23(26-13-12-18-7-6-17(2)21(16-18)30-4)27-15-14-25-22(28)19-8-10-20(29-3)11-9-19;/h6-11,16H,5,12-15H2,1-4H3,(H,25,28)(H2,24,26,27);1H. The molecule has 31 heavy (non-hydrogen) atoms. The number of rotatable bonds is 10. The van der Waals surface area contributed by atoms with Crippen LogP contribution >= 0.6 is 24.0 Å². The number of methoxy groups -OCH3 is 2. The van der Waals surface area contributed by atoms with Gasteiger partial charge in [0.05, 0.1) is 14.2 Å². The van der Waals surface area contributed by atoms with E-state index in [0.29, 0.717) is 25.2 Å². The van der Waals surface area contributed by atoms with Gasteiger partial charge in [-0.2, -0.15) is 0 Å². The molecule has 0 unspecified atom stereocenters. The van der Waals surface area contributed by atoms with Crippen molar-refractivity contribution in [1.29, 1.82) is 0 Å². The minimum atomic E-state index is -0.116. The lowest BCUT2D eigenvalue weighted by molar-refractivity contribution is 0.0954. The van der Waals surface area contributed by atoms with Gasteiger partial charge in [0.1, 0.15) is 11.5 Å². The van der Waals surface area contributed by atoms with E-state index in [4.69, 9.17) is 9.47 Å². The van der Waals surface area contributed by atoms with Gasteiger partial charge in [-0.3, -0.25) is 9.79 Å². The summed E-state index contributed by atoms with van der Waals surface area (Å²) < 4.78 is 10.5. The summed E-state index contributed by atoms with van der Waals surface area (Å²) in [4.78, 5) is 16.8. The lowest BCUT2D eigenvalue weighted by Crippen LogP contribution is -2.41. The molecule has 1 amide bonds. The molecule has 2 aromatic rings. The van der Waals surface area contributed by atoms with Gasteiger partial charge in [-0.05, 0) is 61.7 Å². The van der Waals surface area contributed by atoms with Crippen molar-refractivity contribution >= 4 is 35.8 Å². The number of carbonyl (C=O) groups is 1. The number of halogens is 1. The molecule has 8 heteroatoms. The zero-order valence-electron chi connectivity index (χ0n) is 18.7. The third-order valence-electron chi connectivity index (χ3n) is 4.54. The number of aliphatic imine (C=N–C) groups is 1. The molecular weight excluding hydrogens is 507 g/mol. The fourth-order valence-electron chi connectivity index (χ4n) is 2.86. The number of carbonyl (C=O) groups excluding carboxylic acids is 1. The van der Waals surface area contributed by atoms with Crippen molar-refractivity contribution in [2.45, 2.75) is 20.3 Å². The van der Waals surface area contributed by atoms with Crippen LogP contribution in [0.1, 0.15) is 28.4 Å². The molecule has 0 saturated carbocycles. The van der Waals surface area contributed by atoms with E-state index in [1.165, 1.54) is 5.56 Å². The van der Waals surface area contributed by atoms with Gasteiger partial charge in [0, 0.05) is 31.7 Å². The number of nitrogens with zero attached hydrogens (tertiary/aromatic N) is 1. The first-order valence-electron chi connectivity index (χ1n) is 10.1. The molecule has 2 rings (SSSR count). The van der Waals surface area contributed by atoms with Crippen LogP contribution in [0.3, 0.4) is 0 Å². The number of aryl methyl sites for hydroxylation is 1. The third-order valence-corrected chi connectivity index (χ3v) is 4.54. The monoisotopic (exact) mass is 540 g/mol. The van der Waals surface area contributed by atoms with Crippen LogP contribution < -0.4 is 25.4 Å². The average molecular weight is 540 g/mol. The molecule has 0 aliphatic heterocycles. The Labute approximate surface area is 202 Å². The highest BCUT2D eigenvalue weighted by Crippen LogP contribution is 2.19. The summed E-state index contributed by atoms with van der Waals surface area (Å²) in [5.41, 5.74) is 2.91. The van der Waals surface area contributed by atoms with Crippen LogP contribution in [0.5, 0.6) is 11.5 Å². The summed E-state index contributed by atoms with van der Waals surface area (Å²) in [5, 5.41) is 9.36. The van der Waals surface area contributed by atoms with Gasteiger partial charge < -0.3 is 25.4 Å². The minimum absolute atomic E-state index is 0. The minimum Gasteiger partial charge on any atom is -0.497 e. The molecule has 170 valence electrons. The molecule has 0 aromatic heterocycles. The first-order valence-corrected chi connectivity index (χ1v) is 10.1. The zero-order valence-corrected chi connectivity index (χ0v) is 21.0. The van der Waals surface area contributed by atoms with Gasteiger partial charge in [0.2, 0.25) is 0 Å². The lowest BCUT2D eigenvalue weighted by Gasteiger charge is -2.12. The van der Waals surface area contributed by atoms with Crippen molar-refractivity contribution in [3.8, 4) is 11.5 Å². The Hall–Kier alpha value is -2.49. The van der Waals surface area contributed by atoms with Crippen LogP contribution in [0.4, 0.5) is 0 Å². The first-order chi connectivity index (χ1) is 14.6. The van der Waals surface area contributed by atoms with Crippen LogP contribution in [0.2, 0.25) is 0 Å². The molecule has 0 saturated heterocycles. The van der Waals surface area contributed by atoms with Crippen LogP contribution in [-0.4, -0.2) is 52.3 Å². The molecule has 0 atom stereocenters. The highest BCUT2D eigenvalue weighted by atomic mass is 127. The van der Waals surface area contributed by atoms with Gasteiger partial charge in [-0.25, -0.2) is 0 Å². The van der Waals surface area contributed by atoms with E-state index in [1.54, 1.807) is 38.5 Å². The third kappa shape index (κ3) is 9.04. The van der Waals surface area contributed by atoms with Gasteiger partial charge in [0.15, 0.2) is 5.96 Å². The van der Waals surface area contributed by atoms with E-state index in [2.05, 4.69) is 39.1 Å². The van der Waals surface area contributed by atoms with Gasteiger partial charge in [-0.1, -0.05) is 12.1 Å². The molecular formula is C23H33IN4O3. The van der Waals surface area contributed by atoms with Crippen LogP contribution in [-0.2, 0) is 6.42 Å². The van der Waals surface area contributed by atoms with Crippen LogP contribution in [0.25, 0.3) is 0 Å². The second kappa shape index (κ2) is 14.5. The van der Waals surface area contributed by atoms with Crippen molar-refractivity contribution in [1.82, 2.24) is 16.0 Å². The Morgan fingerprint density at radius 1 is 0.968 bits per heavy atom. The quantitative estimate of drug-likeness (QED) is 0.187. The maximum absolute atomic E-state index is 12.2. The number of guanidine groups is 1. The average Bonchev–Trinajstić information content (AvgIpc) is 2.77. The lowest BCUT2D eigenvalue weighted by atomic mass is 10.1. The van der Waals surface area contributed by atoms with Crippen LogP contribution in [0, 0.1) is 6.92 Å². The molecule has 0 fully saturated rings. The van der Waals surface area contributed by atoms with Crippen molar-refractivity contribution in [2.75, 3.05) is 40.4 Å². The highest BCUT2D eigenvalue weighted by molar-refractivity contribution is 14.0. The Balaban J connectivity index is 0.00000480. The Kier molecular flexibility index (Phi) is 12.4. The largest absolute Gasteiger partial charge is 0.497 e. The van der Waals surface area contributed by atoms with E-state index >= 15 is 0 Å². The summed E-state index contributed by atoms with van der Waals surface area (Å²) in [6.45, 7) is 6.54. The van der Waals surface area contributed by atoms with Crippen molar-refractivity contribution in [3.05, 3.63) is 59.2 Å². The number of benzene rings is 2. The topological polar surface area (TPSA) is 84.0 Å². The molecule has 7 nitrogen and oxygen atoms in total. The molecule has 0 aliphatic rings. The zero-order chi connectivity index (χ0) is 21.8. The first kappa shape index (κ1) is 26.5. The van der Waals surface area contributed by atoms with Crippen molar-refractivity contribution in [3.63, 3.8) is 0 Å². The molecule has 3 N–H and O–H groups in total. The fourth-order valence-corrected chi connectivity index (χ4v) is 2.86. The van der Waals surface area contributed by atoms with E-state index < -0.39 is 0 Å². The smallest absolute Gasteiger partial charge is 0.251 e. The second-order valence-corrected chi connectivity index (χ2v) is 6.73. The summed E-state index contributed by atoms with van der Waals surface area (Å²) in [6, 6.07) is 13.2. The molecule has 0 bridgehead atoms. The van der Waals surface area contributed by atoms with Gasteiger partial charge in [0.25, 0.3) is 5.91 Å². The Morgan fingerprint density at radius 3 is 2.32 bits per heavy atom. The molecule has 0 spiro atoms. The fraction of sp³-hybridized carbons (Fsp3) is 0.391. The maximum Gasteiger partial charge on any atom is 0.251 e. The number of nitrogens with one attached hydrogen (secondary N) is 3. The number of ether oxygens (including phenoxy) is 2. The molecule has 0 heterocycles. The Morgan fingerprint density at radius 2 is 1.68 bits per heavy atom. The van der Waals surface area contributed by atoms with E-state index in [1.807, 2.05) is 13.8 Å². The Bertz CT molecular complexity index is 841. The molecule has 0 radical (unpaired) electrons. The maximum atomic E-state index is 12.2. The van der Waals surface area contributed by atoms with Crippen LogP contribution in [0.15, 0.2) is 47.5 Å². The summed E-state index contributed by atoms with van der Waals surface area (Å²) in [6.07, 6.45) is 0.821. The van der Waals surface area contributed by atoms with Crippen molar-refractivity contribution in [2.24, 2.45) is 4.99 Å². The SMILES string of the molecule is CCNC(=NCCc1ccc(C)c(OC)c1)NCCNC(=O)c1ccc(OC)cc1.I. The normalized spacial score (nSPS) is 10.6. The van der Waals surface area contributed by atoms with E-state index in [0.717, 1.165) is 36.0 Å². The van der Waals surface area contributed by atoms with Gasteiger partial charge >= 0.3 is 0 Å².